The molecule has 1 unspecified atom stereocenters. The molecule has 4 nitrogen and oxygen atoms in total. The van der Waals surface area contributed by atoms with Gasteiger partial charge >= 0.3 is 6.18 Å². The molecular formula is C14H21ClF3N3OS. The highest BCUT2D eigenvalue weighted by Gasteiger charge is 2.43. The number of hydrogen-bond donors (Lipinski definition) is 2. The van der Waals surface area contributed by atoms with Gasteiger partial charge < -0.3 is 10.6 Å². The van der Waals surface area contributed by atoms with Gasteiger partial charge in [0.15, 0.2) is 0 Å². The number of carbonyl (C=O) groups is 1. The predicted molar refractivity (Wildman–Crippen MR) is 87.7 cm³/mol. The van der Waals surface area contributed by atoms with Gasteiger partial charge in [-0.05, 0) is 25.5 Å². The summed E-state index contributed by atoms with van der Waals surface area (Å²) in [4.78, 5) is 14.9. The minimum atomic E-state index is -4.36. The third-order valence-electron chi connectivity index (χ3n) is 3.82. The highest BCUT2D eigenvalue weighted by Crippen LogP contribution is 2.25. The van der Waals surface area contributed by atoms with Crippen molar-refractivity contribution in [3.63, 3.8) is 0 Å². The minimum absolute atomic E-state index is 0. The number of nitrogens with one attached hydrogen (secondary N) is 2. The summed E-state index contributed by atoms with van der Waals surface area (Å²) in [5, 5.41) is 5.46. The van der Waals surface area contributed by atoms with Gasteiger partial charge in [-0.2, -0.15) is 13.2 Å². The van der Waals surface area contributed by atoms with Crippen LogP contribution in [0.5, 0.6) is 0 Å². The van der Waals surface area contributed by atoms with Gasteiger partial charge in [-0.25, -0.2) is 0 Å². The molecule has 2 N–H and O–H groups in total. The molecule has 0 radical (unpaired) electrons. The van der Waals surface area contributed by atoms with E-state index in [2.05, 4.69) is 10.6 Å². The molecule has 1 fully saturated rings. The molecule has 1 amide bonds. The van der Waals surface area contributed by atoms with E-state index in [1.165, 1.54) is 16.2 Å². The Hall–Kier alpha value is -0.830. The lowest BCUT2D eigenvalue weighted by Crippen LogP contribution is -2.57. The molecule has 0 aromatic carbocycles. The zero-order valence-corrected chi connectivity index (χ0v) is 14.6. The van der Waals surface area contributed by atoms with Crippen molar-refractivity contribution in [1.29, 1.82) is 0 Å². The SMILES string of the molecule is Cc1cc(C(=O)NCC(N2CCNCC2)C(F)(F)F)sc1C.Cl. The van der Waals surface area contributed by atoms with Crippen LogP contribution in [-0.4, -0.2) is 55.7 Å². The minimum Gasteiger partial charge on any atom is -0.349 e. The van der Waals surface area contributed by atoms with Crippen LogP contribution in [0.25, 0.3) is 0 Å². The molecule has 0 saturated carbocycles. The summed E-state index contributed by atoms with van der Waals surface area (Å²) < 4.78 is 39.6. The van der Waals surface area contributed by atoms with Crippen LogP contribution in [0, 0.1) is 13.8 Å². The molecule has 1 saturated heterocycles. The first-order valence-corrected chi connectivity index (χ1v) is 7.97. The average molecular weight is 372 g/mol. The molecule has 2 rings (SSSR count). The van der Waals surface area contributed by atoms with Crippen molar-refractivity contribution < 1.29 is 18.0 Å². The van der Waals surface area contributed by atoms with Crippen LogP contribution >= 0.6 is 23.7 Å². The Kier molecular flexibility index (Phi) is 7.31. The molecule has 1 aromatic heterocycles. The molecule has 1 atom stereocenters. The second kappa shape index (κ2) is 8.32. The maximum atomic E-state index is 13.2. The van der Waals surface area contributed by atoms with E-state index >= 15 is 0 Å². The lowest BCUT2D eigenvalue weighted by Gasteiger charge is -2.35. The Bertz CT molecular complexity index is 510. The van der Waals surface area contributed by atoms with Crippen molar-refractivity contribution in [2.75, 3.05) is 32.7 Å². The molecule has 1 aliphatic heterocycles. The van der Waals surface area contributed by atoms with Crippen LogP contribution in [0.2, 0.25) is 0 Å². The first-order valence-electron chi connectivity index (χ1n) is 7.15. The van der Waals surface area contributed by atoms with Crippen molar-refractivity contribution in [1.82, 2.24) is 15.5 Å². The molecule has 132 valence electrons. The van der Waals surface area contributed by atoms with Crippen LogP contribution in [0.1, 0.15) is 20.1 Å². The van der Waals surface area contributed by atoms with E-state index in [0.717, 1.165) is 10.4 Å². The number of rotatable bonds is 4. The standard InChI is InChI=1S/C14H20F3N3OS.ClH/c1-9-7-11(22-10(9)2)13(21)19-8-12(14(15,16)17)20-5-3-18-4-6-20;/h7,12,18H,3-6,8H2,1-2H3,(H,19,21);1H. The fourth-order valence-corrected chi connectivity index (χ4v) is 3.36. The van der Waals surface area contributed by atoms with E-state index in [-0.39, 0.29) is 12.4 Å². The van der Waals surface area contributed by atoms with Crippen LogP contribution in [0.15, 0.2) is 6.07 Å². The van der Waals surface area contributed by atoms with Gasteiger partial charge in [-0.1, -0.05) is 0 Å². The fourth-order valence-electron chi connectivity index (χ4n) is 2.41. The van der Waals surface area contributed by atoms with E-state index in [1.54, 1.807) is 6.07 Å². The fraction of sp³-hybridized carbons (Fsp3) is 0.643. The molecule has 1 aliphatic rings. The first-order chi connectivity index (χ1) is 10.3. The summed E-state index contributed by atoms with van der Waals surface area (Å²) >= 11 is 1.30. The zero-order valence-electron chi connectivity index (χ0n) is 13.0. The molecule has 23 heavy (non-hydrogen) atoms. The first kappa shape index (κ1) is 20.2. The number of carbonyl (C=O) groups excluding carboxylic acids is 1. The molecule has 2 heterocycles. The maximum absolute atomic E-state index is 13.2. The summed E-state index contributed by atoms with van der Waals surface area (Å²) in [6, 6.07) is 0.0728. The van der Waals surface area contributed by atoms with E-state index in [4.69, 9.17) is 0 Å². The Labute approximate surface area is 143 Å². The summed E-state index contributed by atoms with van der Waals surface area (Å²) in [7, 11) is 0. The Morgan fingerprint density at radius 2 is 2.00 bits per heavy atom. The third-order valence-corrected chi connectivity index (χ3v) is 4.97. The summed E-state index contributed by atoms with van der Waals surface area (Å²) in [6.07, 6.45) is -4.36. The zero-order chi connectivity index (χ0) is 16.3. The number of amides is 1. The van der Waals surface area contributed by atoms with Crippen LogP contribution < -0.4 is 10.6 Å². The number of halogens is 4. The van der Waals surface area contributed by atoms with Crippen molar-refractivity contribution in [2.24, 2.45) is 0 Å². The molecule has 0 bridgehead atoms. The molecule has 0 aliphatic carbocycles. The number of aryl methyl sites for hydroxylation is 2. The monoisotopic (exact) mass is 371 g/mol. The van der Waals surface area contributed by atoms with E-state index in [0.29, 0.717) is 31.1 Å². The largest absolute Gasteiger partial charge is 0.405 e. The van der Waals surface area contributed by atoms with Crippen LogP contribution in [-0.2, 0) is 0 Å². The number of hydrogen-bond acceptors (Lipinski definition) is 4. The van der Waals surface area contributed by atoms with Crippen molar-refractivity contribution in [3.8, 4) is 0 Å². The molecule has 1 aromatic rings. The number of thiophene rings is 1. The van der Waals surface area contributed by atoms with E-state index in [9.17, 15) is 18.0 Å². The van der Waals surface area contributed by atoms with Crippen molar-refractivity contribution in [2.45, 2.75) is 26.1 Å². The van der Waals surface area contributed by atoms with Gasteiger partial charge in [0.2, 0.25) is 0 Å². The summed E-state index contributed by atoms with van der Waals surface area (Å²) in [5.74, 6) is -0.439. The second-order valence-electron chi connectivity index (χ2n) is 5.40. The van der Waals surface area contributed by atoms with Crippen LogP contribution in [0.4, 0.5) is 13.2 Å². The van der Waals surface area contributed by atoms with Gasteiger partial charge in [-0.15, -0.1) is 23.7 Å². The summed E-state index contributed by atoms with van der Waals surface area (Å²) in [5.41, 5.74) is 0.977. The average Bonchev–Trinajstić information content (AvgIpc) is 2.78. The second-order valence-corrected chi connectivity index (χ2v) is 6.66. The Balaban J connectivity index is 0.00000264. The topological polar surface area (TPSA) is 44.4 Å². The highest BCUT2D eigenvalue weighted by molar-refractivity contribution is 7.14. The predicted octanol–water partition coefficient (Wildman–Crippen LogP) is 2.35. The number of alkyl halides is 3. The van der Waals surface area contributed by atoms with Gasteiger partial charge in [0.05, 0.1) is 4.88 Å². The quantitative estimate of drug-likeness (QED) is 0.854. The number of nitrogens with zero attached hydrogens (tertiary/aromatic N) is 1. The highest BCUT2D eigenvalue weighted by atomic mass is 35.5. The molecular weight excluding hydrogens is 351 g/mol. The Morgan fingerprint density at radius 1 is 1.39 bits per heavy atom. The van der Waals surface area contributed by atoms with Gasteiger partial charge in [0, 0.05) is 37.6 Å². The number of piperazine rings is 1. The lowest BCUT2D eigenvalue weighted by atomic mass is 10.2. The van der Waals surface area contributed by atoms with E-state index < -0.39 is 24.7 Å². The molecule has 9 heteroatoms. The smallest absolute Gasteiger partial charge is 0.349 e. The van der Waals surface area contributed by atoms with Gasteiger partial charge in [-0.3, -0.25) is 9.69 Å². The van der Waals surface area contributed by atoms with Crippen LogP contribution in [0.3, 0.4) is 0 Å². The normalized spacial score (nSPS) is 17.4. The van der Waals surface area contributed by atoms with Gasteiger partial charge in [0.25, 0.3) is 5.91 Å². The third kappa shape index (κ3) is 5.34. The summed E-state index contributed by atoms with van der Waals surface area (Å²) in [6.45, 7) is 5.07. The Morgan fingerprint density at radius 3 is 2.48 bits per heavy atom. The van der Waals surface area contributed by atoms with Crippen molar-refractivity contribution >= 4 is 29.7 Å². The lowest BCUT2D eigenvalue weighted by molar-refractivity contribution is -0.183. The van der Waals surface area contributed by atoms with E-state index in [1.807, 2.05) is 13.8 Å². The molecule has 0 spiro atoms. The maximum Gasteiger partial charge on any atom is 0.405 e. The van der Waals surface area contributed by atoms with Gasteiger partial charge in [0.1, 0.15) is 6.04 Å². The van der Waals surface area contributed by atoms with Crippen molar-refractivity contribution in [3.05, 3.63) is 21.4 Å².